The molecule has 2 heterocycles. The fraction of sp³-hybridized carbons (Fsp3) is 0.500. The fourth-order valence-corrected chi connectivity index (χ4v) is 4.75. The van der Waals surface area contributed by atoms with Gasteiger partial charge in [-0.25, -0.2) is 9.59 Å². The molecule has 146 valence electrons. The molecule has 1 fully saturated rings. The van der Waals surface area contributed by atoms with Crippen LogP contribution in [0.3, 0.4) is 0 Å². The lowest BCUT2D eigenvalue weighted by molar-refractivity contribution is -0.891. The highest BCUT2D eigenvalue weighted by Crippen LogP contribution is 2.30. The number of hydrogen-bond acceptors (Lipinski definition) is 4. The van der Waals surface area contributed by atoms with Gasteiger partial charge in [0.2, 0.25) is 0 Å². The highest BCUT2D eigenvalue weighted by Gasteiger charge is 2.36. The zero-order valence-corrected chi connectivity index (χ0v) is 17.0. The fourth-order valence-electron chi connectivity index (χ4n) is 3.68. The number of quaternary nitrogens is 1. The van der Waals surface area contributed by atoms with E-state index in [9.17, 15) is 9.59 Å². The van der Waals surface area contributed by atoms with Crippen LogP contribution in [0.5, 0.6) is 0 Å². The predicted molar refractivity (Wildman–Crippen MR) is 107 cm³/mol. The summed E-state index contributed by atoms with van der Waals surface area (Å²) in [6.45, 7) is 8.82. The Morgan fingerprint density at radius 3 is 2.70 bits per heavy atom. The minimum absolute atomic E-state index is 0.270. The lowest BCUT2D eigenvalue weighted by Crippen LogP contribution is -3.14. The number of hydrogen-bond donors (Lipinski definition) is 3. The van der Waals surface area contributed by atoms with Gasteiger partial charge in [-0.1, -0.05) is 23.8 Å². The van der Waals surface area contributed by atoms with Gasteiger partial charge in [0.15, 0.2) is 0 Å². The van der Waals surface area contributed by atoms with Crippen LogP contribution >= 0.6 is 11.8 Å². The van der Waals surface area contributed by atoms with Gasteiger partial charge < -0.3 is 20.3 Å². The molecule has 7 heteroatoms. The number of benzene rings is 1. The van der Waals surface area contributed by atoms with Gasteiger partial charge in [0.1, 0.15) is 6.54 Å². The van der Waals surface area contributed by atoms with Crippen LogP contribution in [0.1, 0.15) is 29.7 Å². The third-order valence-electron chi connectivity index (χ3n) is 5.01. The molecule has 0 saturated carbocycles. The van der Waals surface area contributed by atoms with Crippen LogP contribution in [0, 0.1) is 13.8 Å². The SMILES string of the molecule is CCOC(=O)C1=C(C[NH+]2CCSCC2)NC(=O)N[C@@H]1c1ccc(C)cc1C. The van der Waals surface area contributed by atoms with Crippen molar-refractivity contribution in [2.45, 2.75) is 26.8 Å². The minimum Gasteiger partial charge on any atom is -0.463 e. The Morgan fingerprint density at radius 1 is 1.30 bits per heavy atom. The first-order valence-electron chi connectivity index (χ1n) is 9.45. The minimum atomic E-state index is -0.494. The predicted octanol–water partition coefficient (Wildman–Crippen LogP) is 1.11. The molecule has 0 unspecified atom stereocenters. The van der Waals surface area contributed by atoms with E-state index in [1.54, 1.807) is 6.92 Å². The molecule has 0 bridgehead atoms. The van der Waals surface area contributed by atoms with Crippen molar-refractivity contribution in [1.82, 2.24) is 10.6 Å². The van der Waals surface area contributed by atoms with E-state index in [0.717, 1.165) is 41.3 Å². The van der Waals surface area contributed by atoms with Crippen LogP contribution in [0.2, 0.25) is 0 Å². The first-order chi connectivity index (χ1) is 13.0. The number of carbonyl (C=O) groups excluding carboxylic acids is 2. The van der Waals surface area contributed by atoms with Gasteiger partial charge in [-0.3, -0.25) is 0 Å². The molecule has 2 aliphatic rings. The third-order valence-corrected chi connectivity index (χ3v) is 6.00. The molecular formula is C20H28N3O3S+. The number of nitrogens with one attached hydrogen (secondary N) is 3. The van der Waals surface area contributed by atoms with Crippen molar-refractivity contribution in [3.63, 3.8) is 0 Å². The van der Waals surface area contributed by atoms with Crippen LogP contribution in [0.15, 0.2) is 29.5 Å². The zero-order valence-electron chi connectivity index (χ0n) is 16.2. The number of thioether (sulfide) groups is 1. The second-order valence-corrected chi connectivity index (χ2v) is 8.27. The summed E-state index contributed by atoms with van der Waals surface area (Å²) < 4.78 is 5.35. The van der Waals surface area contributed by atoms with Crippen LogP contribution in [-0.4, -0.2) is 49.7 Å². The molecule has 1 aromatic rings. The number of esters is 1. The molecular weight excluding hydrogens is 362 g/mol. The molecule has 0 spiro atoms. The van der Waals surface area contributed by atoms with Crippen molar-refractivity contribution in [1.29, 1.82) is 0 Å². The highest BCUT2D eigenvalue weighted by atomic mass is 32.2. The number of amides is 2. The molecule has 2 amide bonds. The average molecular weight is 391 g/mol. The largest absolute Gasteiger partial charge is 0.463 e. The Hall–Kier alpha value is -1.99. The number of rotatable bonds is 5. The molecule has 1 aromatic carbocycles. The number of aryl methyl sites for hydroxylation is 2. The van der Waals surface area contributed by atoms with E-state index < -0.39 is 6.04 Å². The van der Waals surface area contributed by atoms with Gasteiger partial charge in [0.05, 0.1) is 37.0 Å². The normalized spacial score (nSPS) is 20.9. The Morgan fingerprint density at radius 2 is 2.04 bits per heavy atom. The second-order valence-electron chi connectivity index (χ2n) is 7.04. The van der Waals surface area contributed by atoms with Crippen LogP contribution in [-0.2, 0) is 9.53 Å². The van der Waals surface area contributed by atoms with Gasteiger partial charge in [0.25, 0.3) is 0 Å². The number of carbonyl (C=O) groups is 2. The molecule has 2 aliphatic heterocycles. The van der Waals surface area contributed by atoms with E-state index in [0.29, 0.717) is 24.4 Å². The van der Waals surface area contributed by atoms with E-state index in [-0.39, 0.29) is 12.0 Å². The van der Waals surface area contributed by atoms with Gasteiger partial charge in [-0.05, 0) is 31.9 Å². The van der Waals surface area contributed by atoms with Crippen molar-refractivity contribution in [2.75, 3.05) is 37.7 Å². The Bertz CT molecular complexity index is 757. The molecule has 0 aliphatic carbocycles. The lowest BCUT2D eigenvalue weighted by atomic mass is 9.91. The smallest absolute Gasteiger partial charge is 0.338 e. The second kappa shape index (κ2) is 8.80. The third kappa shape index (κ3) is 4.65. The summed E-state index contributed by atoms with van der Waals surface area (Å²) in [6, 6.07) is 5.30. The van der Waals surface area contributed by atoms with E-state index in [1.165, 1.54) is 4.90 Å². The van der Waals surface area contributed by atoms with Crippen molar-refractivity contribution < 1.29 is 19.2 Å². The molecule has 1 atom stereocenters. The van der Waals surface area contributed by atoms with Crippen LogP contribution in [0.4, 0.5) is 4.79 Å². The molecule has 1 saturated heterocycles. The maximum absolute atomic E-state index is 12.8. The summed E-state index contributed by atoms with van der Waals surface area (Å²) in [4.78, 5) is 26.6. The quantitative estimate of drug-likeness (QED) is 0.659. The van der Waals surface area contributed by atoms with Gasteiger partial charge in [-0.2, -0.15) is 11.8 Å². The molecule has 27 heavy (non-hydrogen) atoms. The monoisotopic (exact) mass is 390 g/mol. The average Bonchev–Trinajstić information content (AvgIpc) is 2.62. The van der Waals surface area contributed by atoms with E-state index in [2.05, 4.69) is 16.7 Å². The number of urea groups is 1. The van der Waals surface area contributed by atoms with Gasteiger partial charge in [-0.15, -0.1) is 0 Å². The maximum Gasteiger partial charge on any atom is 0.338 e. The number of ether oxygens (including phenoxy) is 1. The van der Waals surface area contributed by atoms with Crippen molar-refractivity contribution in [3.05, 3.63) is 46.2 Å². The van der Waals surface area contributed by atoms with Crippen molar-refractivity contribution in [2.24, 2.45) is 0 Å². The molecule has 3 N–H and O–H groups in total. The molecule has 0 radical (unpaired) electrons. The summed E-state index contributed by atoms with van der Waals surface area (Å²) in [7, 11) is 0. The lowest BCUT2D eigenvalue weighted by Gasteiger charge is -2.32. The summed E-state index contributed by atoms with van der Waals surface area (Å²) in [5.41, 5.74) is 4.33. The highest BCUT2D eigenvalue weighted by molar-refractivity contribution is 7.99. The maximum atomic E-state index is 12.8. The zero-order chi connectivity index (χ0) is 19.4. The molecule has 3 rings (SSSR count). The van der Waals surface area contributed by atoms with Crippen molar-refractivity contribution >= 4 is 23.8 Å². The first-order valence-corrected chi connectivity index (χ1v) is 10.6. The van der Waals surface area contributed by atoms with Crippen LogP contribution in [0.25, 0.3) is 0 Å². The Labute approximate surface area is 164 Å². The van der Waals surface area contributed by atoms with Crippen LogP contribution < -0.4 is 15.5 Å². The van der Waals surface area contributed by atoms with Crippen molar-refractivity contribution in [3.8, 4) is 0 Å². The summed E-state index contributed by atoms with van der Waals surface area (Å²) in [6.07, 6.45) is 0. The van der Waals surface area contributed by atoms with E-state index >= 15 is 0 Å². The van der Waals surface area contributed by atoms with E-state index in [1.807, 2.05) is 37.7 Å². The molecule has 6 nitrogen and oxygen atoms in total. The summed E-state index contributed by atoms with van der Waals surface area (Å²) in [5, 5.41) is 5.81. The molecule has 0 aromatic heterocycles. The summed E-state index contributed by atoms with van der Waals surface area (Å²) >= 11 is 1.95. The Kier molecular flexibility index (Phi) is 6.44. The topological polar surface area (TPSA) is 71.9 Å². The first kappa shape index (κ1) is 19.8. The van der Waals surface area contributed by atoms with Gasteiger partial charge >= 0.3 is 12.0 Å². The summed E-state index contributed by atoms with van der Waals surface area (Å²) in [5.74, 6) is 1.84. The van der Waals surface area contributed by atoms with E-state index in [4.69, 9.17) is 4.74 Å². The Balaban J connectivity index is 2.01. The van der Waals surface area contributed by atoms with Gasteiger partial charge in [0, 0.05) is 11.5 Å². The standard InChI is InChI=1S/C20H27N3O3S/c1-4-26-19(24)17-16(12-23-7-9-27-10-8-23)21-20(25)22-18(17)15-6-5-13(2)11-14(15)3/h5-6,11,18H,4,7-10,12H2,1-3H3,(H2,21,22,25)/p+1/t18-/m1/s1.